The van der Waals surface area contributed by atoms with Crippen LogP contribution in [0.5, 0.6) is 0 Å². The van der Waals surface area contributed by atoms with Gasteiger partial charge in [0, 0.05) is 13.0 Å². The average molecular weight is 731 g/mol. The van der Waals surface area contributed by atoms with Crippen LogP contribution in [-0.4, -0.2) is 195 Å². The number of ether oxygens (including phenoxy) is 7. The van der Waals surface area contributed by atoms with Gasteiger partial charge in [0.05, 0.1) is 38.1 Å². The Labute approximate surface area is 291 Å². The molecule has 0 saturated carbocycles. The summed E-state index contributed by atoms with van der Waals surface area (Å²) in [4.78, 5) is 12.1. The molecular weight excluding hydrogens is 672 g/mol. The van der Waals surface area contributed by atoms with Crippen LogP contribution in [0.15, 0.2) is 0 Å². The van der Waals surface area contributed by atoms with Crippen LogP contribution in [0.25, 0.3) is 0 Å². The first-order chi connectivity index (χ1) is 23.6. The third-order valence-electron chi connectivity index (χ3n) is 8.97. The van der Waals surface area contributed by atoms with Gasteiger partial charge in [0.15, 0.2) is 12.6 Å². The van der Waals surface area contributed by atoms with Crippen molar-refractivity contribution in [3.8, 4) is 0 Å². The predicted molar refractivity (Wildman–Crippen MR) is 169 cm³/mol. The summed E-state index contributed by atoms with van der Waals surface area (Å²) >= 11 is 0. The standard InChI is InChI=1S/C31H58N2O17/c1-14(2)45-25-21(40)17(13-36)47-29(24(25)43)50-27-23(42)20(39)16(12-35)48-30(27)49-26-22(41)19(38)15(11-34)46-28(26)31(3,4)44-10-9-33-18(37)7-5-6-8-32/h14-17,19-30,34-36,38-43H,5-13,32H2,1-4H3,(H,33,37)/t15?,16?,17?,19-,20-,21-,22?,23?,24?,25?,26?,27?,28+,29+,30-/m1/s1. The van der Waals surface area contributed by atoms with Crippen molar-refractivity contribution in [3.63, 3.8) is 0 Å². The molecule has 3 saturated heterocycles. The highest BCUT2D eigenvalue weighted by Crippen LogP contribution is 2.36. The van der Waals surface area contributed by atoms with Gasteiger partial charge >= 0.3 is 0 Å². The molecule has 15 atom stereocenters. The third kappa shape index (κ3) is 10.7. The predicted octanol–water partition coefficient (Wildman–Crippen LogP) is -5.05. The second-order valence-electron chi connectivity index (χ2n) is 13.6. The van der Waals surface area contributed by atoms with E-state index >= 15 is 0 Å². The Morgan fingerprint density at radius 3 is 1.86 bits per heavy atom. The molecule has 0 radical (unpaired) electrons. The molecule has 1 amide bonds. The van der Waals surface area contributed by atoms with Crippen LogP contribution in [0, 0.1) is 0 Å². The molecule has 19 heteroatoms. The molecule has 0 aromatic rings. The summed E-state index contributed by atoms with van der Waals surface area (Å²) in [5.74, 6) is -0.192. The molecule has 3 fully saturated rings. The number of nitrogens with one attached hydrogen (secondary N) is 1. The van der Waals surface area contributed by atoms with E-state index in [4.69, 9.17) is 38.9 Å². The van der Waals surface area contributed by atoms with Gasteiger partial charge in [0.1, 0.15) is 79.4 Å². The van der Waals surface area contributed by atoms with E-state index in [0.717, 1.165) is 0 Å². The first kappa shape index (κ1) is 43.2. The van der Waals surface area contributed by atoms with Crippen LogP contribution < -0.4 is 11.1 Å². The van der Waals surface area contributed by atoms with E-state index in [1.807, 2.05) is 0 Å². The number of amides is 1. The van der Waals surface area contributed by atoms with Crippen LogP contribution in [0.1, 0.15) is 47.0 Å². The molecule has 0 aliphatic carbocycles. The monoisotopic (exact) mass is 730 g/mol. The van der Waals surface area contributed by atoms with E-state index < -0.39 is 123 Å². The highest BCUT2D eigenvalue weighted by Gasteiger charge is 2.56. The minimum Gasteiger partial charge on any atom is -0.394 e. The summed E-state index contributed by atoms with van der Waals surface area (Å²) in [5, 5.41) is 98.0. The fraction of sp³-hybridized carbons (Fsp3) is 0.968. The van der Waals surface area contributed by atoms with Gasteiger partial charge in [-0.05, 0) is 47.1 Å². The fourth-order valence-electron chi connectivity index (χ4n) is 6.17. The van der Waals surface area contributed by atoms with Crippen LogP contribution in [0.4, 0.5) is 0 Å². The fourth-order valence-corrected chi connectivity index (χ4v) is 6.17. The van der Waals surface area contributed by atoms with Crippen molar-refractivity contribution >= 4 is 5.91 Å². The smallest absolute Gasteiger partial charge is 0.220 e. The molecule has 3 aliphatic rings. The highest BCUT2D eigenvalue weighted by molar-refractivity contribution is 5.75. The lowest BCUT2D eigenvalue weighted by atomic mass is 9.86. The lowest BCUT2D eigenvalue weighted by Gasteiger charge is -2.51. The van der Waals surface area contributed by atoms with Gasteiger partial charge in [-0.3, -0.25) is 4.79 Å². The van der Waals surface area contributed by atoms with Gasteiger partial charge in [-0.15, -0.1) is 0 Å². The largest absolute Gasteiger partial charge is 0.394 e. The molecular formula is C31H58N2O17. The Kier molecular flexibility index (Phi) is 17.1. The summed E-state index contributed by atoms with van der Waals surface area (Å²) in [5.41, 5.74) is 4.13. The minimum absolute atomic E-state index is 0.0117. The third-order valence-corrected chi connectivity index (χ3v) is 8.97. The number of nitrogens with two attached hydrogens (primary N) is 1. The Morgan fingerprint density at radius 1 is 0.740 bits per heavy atom. The maximum absolute atomic E-state index is 12.1. The molecule has 12 N–H and O–H groups in total. The van der Waals surface area contributed by atoms with Gasteiger partial charge in [0.25, 0.3) is 0 Å². The first-order valence-electron chi connectivity index (χ1n) is 17.1. The van der Waals surface area contributed by atoms with Crippen LogP contribution >= 0.6 is 0 Å². The molecule has 0 bridgehead atoms. The Hall–Kier alpha value is -1.21. The van der Waals surface area contributed by atoms with E-state index in [1.54, 1.807) is 27.7 Å². The average Bonchev–Trinajstić information content (AvgIpc) is 3.07. The molecule has 0 aromatic carbocycles. The van der Waals surface area contributed by atoms with Gasteiger partial charge < -0.3 is 90.2 Å². The van der Waals surface area contributed by atoms with E-state index in [-0.39, 0.29) is 19.1 Å². The minimum atomic E-state index is -1.86. The summed E-state index contributed by atoms with van der Waals surface area (Å²) in [6.45, 7) is 4.89. The normalized spacial score (nSPS) is 39.9. The lowest BCUT2D eigenvalue weighted by molar-refractivity contribution is -0.388. The van der Waals surface area contributed by atoms with Gasteiger partial charge in [-0.25, -0.2) is 0 Å². The number of unbranched alkanes of at least 4 members (excludes halogenated alkanes) is 1. The lowest BCUT2D eigenvalue weighted by Crippen LogP contribution is -2.69. The number of hydrogen-bond donors (Lipinski definition) is 11. The van der Waals surface area contributed by atoms with Crippen molar-refractivity contribution < 1.29 is 83.9 Å². The maximum atomic E-state index is 12.1. The van der Waals surface area contributed by atoms with E-state index in [1.165, 1.54) is 0 Å². The van der Waals surface area contributed by atoms with Crippen LogP contribution in [0.3, 0.4) is 0 Å². The number of aliphatic hydroxyl groups excluding tert-OH is 9. The summed E-state index contributed by atoms with van der Waals surface area (Å²) in [6.07, 6.45) is -22.3. The highest BCUT2D eigenvalue weighted by atomic mass is 16.8. The number of hydrogen-bond acceptors (Lipinski definition) is 18. The van der Waals surface area contributed by atoms with Crippen LogP contribution in [0.2, 0.25) is 0 Å². The summed E-state index contributed by atoms with van der Waals surface area (Å²) in [6, 6.07) is 0. The molecule has 19 nitrogen and oxygen atoms in total. The van der Waals surface area contributed by atoms with Gasteiger partial charge in [-0.1, -0.05) is 0 Å². The second-order valence-corrected chi connectivity index (χ2v) is 13.6. The molecule has 0 spiro atoms. The van der Waals surface area contributed by atoms with E-state index in [0.29, 0.717) is 25.8 Å². The summed E-state index contributed by atoms with van der Waals surface area (Å²) in [7, 11) is 0. The number of carbonyl (C=O) groups excluding carboxylic acids is 1. The topological polar surface area (TPSA) is 302 Å². The number of rotatable bonds is 18. The summed E-state index contributed by atoms with van der Waals surface area (Å²) < 4.78 is 41.1. The van der Waals surface area contributed by atoms with Crippen molar-refractivity contribution in [2.45, 2.75) is 151 Å². The van der Waals surface area contributed by atoms with Gasteiger partial charge in [0.2, 0.25) is 5.91 Å². The maximum Gasteiger partial charge on any atom is 0.220 e. The van der Waals surface area contributed by atoms with Crippen molar-refractivity contribution in [2.24, 2.45) is 5.73 Å². The zero-order valence-corrected chi connectivity index (χ0v) is 29.0. The van der Waals surface area contributed by atoms with Gasteiger partial charge in [-0.2, -0.15) is 0 Å². The van der Waals surface area contributed by atoms with Crippen molar-refractivity contribution in [3.05, 3.63) is 0 Å². The van der Waals surface area contributed by atoms with Crippen molar-refractivity contribution in [1.29, 1.82) is 0 Å². The second kappa shape index (κ2) is 19.7. The molecule has 3 rings (SSSR count). The van der Waals surface area contributed by atoms with Crippen molar-refractivity contribution in [1.82, 2.24) is 5.32 Å². The van der Waals surface area contributed by atoms with E-state index in [2.05, 4.69) is 5.32 Å². The molecule has 3 heterocycles. The zero-order chi connectivity index (χ0) is 37.3. The quantitative estimate of drug-likeness (QED) is 0.0588. The Balaban J connectivity index is 1.86. The Morgan fingerprint density at radius 2 is 1.28 bits per heavy atom. The van der Waals surface area contributed by atoms with Crippen molar-refractivity contribution in [2.75, 3.05) is 39.5 Å². The molecule has 3 aliphatic heterocycles. The van der Waals surface area contributed by atoms with Crippen LogP contribution in [-0.2, 0) is 38.0 Å². The van der Waals surface area contributed by atoms with E-state index in [9.17, 15) is 50.8 Å². The molecule has 294 valence electrons. The Bertz CT molecular complexity index is 1010. The number of aliphatic hydroxyl groups is 9. The molecule has 0 aromatic heterocycles. The SMILES string of the molecule is CC(C)OC1C(O)[C@H](OC2C(O)[C@H](O)C(CO)O[C@@H]2OC2C(O)[C@H](O)C(CO)O[C@@H]2C(C)(C)OCCNC(=O)CCCCN)OC(CO)[C@H]1O. The first-order valence-corrected chi connectivity index (χ1v) is 17.1. The number of carbonyl (C=O) groups is 1. The zero-order valence-electron chi connectivity index (χ0n) is 29.0. The molecule has 50 heavy (non-hydrogen) atoms. The molecule has 9 unspecified atom stereocenters.